The molecule has 3 rings (SSSR count). The van der Waals surface area contributed by atoms with Gasteiger partial charge in [0.2, 0.25) is 0 Å². The van der Waals surface area contributed by atoms with Crippen LogP contribution in [-0.4, -0.2) is 47.2 Å². The average Bonchev–Trinajstić information content (AvgIpc) is 3.20. The summed E-state index contributed by atoms with van der Waals surface area (Å²) < 4.78 is 0. The number of carbonyl (C=O) groups is 1. The van der Waals surface area contributed by atoms with E-state index in [1.54, 1.807) is 0 Å². The predicted octanol–water partition coefficient (Wildman–Crippen LogP) is 1.31. The van der Waals surface area contributed by atoms with Gasteiger partial charge in [-0.05, 0) is 44.9 Å². The summed E-state index contributed by atoms with van der Waals surface area (Å²) in [4.78, 5) is 13.7. The molecule has 0 aromatic rings. The lowest BCUT2D eigenvalue weighted by Crippen LogP contribution is -2.54. The molecule has 1 heterocycles. The van der Waals surface area contributed by atoms with Crippen LogP contribution in [0.25, 0.3) is 0 Å². The van der Waals surface area contributed by atoms with Crippen LogP contribution in [0.1, 0.15) is 39.0 Å². The second-order valence-corrected chi connectivity index (χ2v) is 6.44. The molecule has 3 fully saturated rings. The van der Waals surface area contributed by atoms with Crippen LogP contribution in [-0.2, 0) is 4.79 Å². The summed E-state index contributed by atoms with van der Waals surface area (Å²) in [6, 6.07) is 1.62. The zero-order chi connectivity index (χ0) is 12.7. The highest BCUT2D eigenvalue weighted by Gasteiger charge is 2.39. The smallest absolute Gasteiger partial charge is 0.307 e. The second-order valence-electron chi connectivity index (χ2n) is 6.44. The normalized spacial score (nSPS) is 35.4. The zero-order valence-electron chi connectivity index (χ0n) is 11.1. The molecule has 2 saturated carbocycles. The van der Waals surface area contributed by atoms with E-state index in [0.29, 0.717) is 18.1 Å². The van der Waals surface area contributed by atoms with Crippen molar-refractivity contribution in [2.45, 2.75) is 57.2 Å². The van der Waals surface area contributed by atoms with Gasteiger partial charge in [-0.25, -0.2) is 0 Å². The van der Waals surface area contributed by atoms with E-state index < -0.39 is 5.97 Å². The van der Waals surface area contributed by atoms with Crippen LogP contribution < -0.4 is 5.32 Å². The van der Waals surface area contributed by atoms with E-state index in [-0.39, 0.29) is 5.92 Å². The average molecular weight is 252 g/mol. The molecule has 3 unspecified atom stereocenters. The van der Waals surface area contributed by atoms with E-state index in [9.17, 15) is 9.90 Å². The Hall–Kier alpha value is -0.610. The molecular weight excluding hydrogens is 228 g/mol. The Bertz CT molecular complexity index is 326. The lowest BCUT2D eigenvalue weighted by atomic mass is 9.92. The Kier molecular flexibility index (Phi) is 3.32. The van der Waals surface area contributed by atoms with E-state index >= 15 is 0 Å². The van der Waals surface area contributed by atoms with E-state index in [1.165, 1.54) is 25.7 Å². The molecule has 4 heteroatoms. The van der Waals surface area contributed by atoms with Crippen LogP contribution in [0.2, 0.25) is 0 Å². The van der Waals surface area contributed by atoms with E-state index in [2.05, 4.69) is 17.1 Å². The van der Waals surface area contributed by atoms with Gasteiger partial charge in [-0.2, -0.15) is 0 Å². The molecule has 2 aliphatic carbocycles. The van der Waals surface area contributed by atoms with Crippen LogP contribution in [0.4, 0.5) is 0 Å². The number of nitrogens with zero attached hydrogens (tertiary/aromatic N) is 1. The van der Waals surface area contributed by atoms with Gasteiger partial charge in [0.05, 0.1) is 5.92 Å². The number of nitrogens with one attached hydrogen (secondary N) is 1. The molecule has 1 saturated heterocycles. The highest BCUT2D eigenvalue weighted by molar-refractivity contribution is 5.70. The Labute approximate surface area is 109 Å². The summed E-state index contributed by atoms with van der Waals surface area (Å²) in [5.74, 6) is 0.0145. The number of aliphatic carboxylic acids is 1. The third kappa shape index (κ3) is 2.86. The quantitative estimate of drug-likeness (QED) is 0.774. The fourth-order valence-electron chi connectivity index (χ4n) is 3.23. The van der Waals surface area contributed by atoms with E-state index in [4.69, 9.17) is 0 Å². The summed E-state index contributed by atoms with van der Waals surface area (Å²) in [7, 11) is 0. The largest absolute Gasteiger partial charge is 0.481 e. The summed E-state index contributed by atoms with van der Waals surface area (Å²) in [6.07, 6.45) is 6.00. The summed E-state index contributed by atoms with van der Waals surface area (Å²) in [6.45, 7) is 4.06. The molecule has 3 atom stereocenters. The molecule has 0 aromatic carbocycles. The summed E-state index contributed by atoms with van der Waals surface area (Å²) in [5, 5.41) is 12.9. The number of hydrogen-bond donors (Lipinski definition) is 2. The zero-order valence-corrected chi connectivity index (χ0v) is 11.1. The van der Waals surface area contributed by atoms with Gasteiger partial charge in [-0.3, -0.25) is 9.69 Å². The van der Waals surface area contributed by atoms with Gasteiger partial charge in [-0.15, -0.1) is 0 Å². The molecular formula is C14H24N2O2. The predicted molar refractivity (Wildman–Crippen MR) is 69.4 cm³/mol. The van der Waals surface area contributed by atoms with Crippen LogP contribution in [0.3, 0.4) is 0 Å². The highest BCUT2D eigenvalue weighted by atomic mass is 16.4. The number of likely N-dealkylation sites (tertiary alicyclic amines) is 1. The molecule has 102 valence electrons. The van der Waals surface area contributed by atoms with E-state index in [0.717, 1.165) is 25.4 Å². The van der Waals surface area contributed by atoms with Crippen LogP contribution in [0, 0.1) is 11.8 Å². The molecule has 0 amide bonds. The van der Waals surface area contributed by atoms with Crippen molar-refractivity contribution in [3.8, 4) is 0 Å². The van der Waals surface area contributed by atoms with Gasteiger partial charge in [0.15, 0.2) is 0 Å². The standard InChI is InChI=1S/C14H24N2O2/c1-9(10-2-3-10)16-7-11(14(17)18)6-13(8-16)15-12-4-5-12/h9-13,15H,2-8H2,1H3,(H,17,18). The lowest BCUT2D eigenvalue weighted by Gasteiger charge is -2.40. The summed E-state index contributed by atoms with van der Waals surface area (Å²) in [5.41, 5.74) is 0. The van der Waals surface area contributed by atoms with Crippen LogP contribution >= 0.6 is 0 Å². The maximum Gasteiger partial charge on any atom is 0.307 e. The fourth-order valence-corrected chi connectivity index (χ4v) is 3.23. The maximum atomic E-state index is 11.3. The fraction of sp³-hybridized carbons (Fsp3) is 0.929. The number of hydrogen-bond acceptors (Lipinski definition) is 3. The first-order valence-corrected chi connectivity index (χ1v) is 7.36. The van der Waals surface area contributed by atoms with Crippen molar-refractivity contribution in [3.63, 3.8) is 0 Å². The second kappa shape index (κ2) is 4.82. The molecule has 1 aliphatic heterocycles. The van der Waals surface area contributed by atoms with Crippen LogP contribution in [0.15, 0.2) is 0 Å². The number of carboxylic acids is 1. The molecule has 0 spiro atoms. The molecule has 3 aliphatic rings. The third-order valence-corrected chi connectivity index (χ3v) is 4.76. The van der Waals surface area contributed by atoms with Crippen molar-refractivity contribution in [1.82, 2.24) is 10.2 Å². The van der Waals surface area contributed by atoms with Crippen molar-refractivity contribution in [3.05, 3.63) is 0 Å². The van der Waals surface area contributed by atoms with Crippen molar-refractivity contribution < 1.29 is 9.90 Å². The Balaban J connectivity index is 1.62. The van der Waals surface area contributed by atoms with Gasteiger partial charge < -0.3 is 10.4 Å². The first-order valence-electron chi connectivity index (χ1n) is 7.36. The molecule has 0 aromatic heterocycles. The SMILES string of the molecule is CC(C1CC1)N1CC(NC2CC2)CC(C(=O)O)C1. The summed E-state index contributed by atoms with van der Waals surface area (Å²) >= 11 is 0. The monoisotopic (exact) mass is 252 g/mol. The minimum Gasteiger partial charge on any atom is -0.481 e. The van der Waals surface area contributed by atoms with Crippen molar-refractivity contribution in [2.24, 2.45) is 11.8 Å². The molecule has 4 nitrogen and oxygen atoms in total. The lowest BCUT2D eigenvalue weighted by molar-refractivity contribution is -0.144. The Morgan fingerprint density at radius 3 is 2.50 bits per heavy atom. The molecule has 2 N–H and O–H groups in total. The van der Waals surface area contributed by atoms with Gasteiger partial charge in [0.25, 0.3) is 0 Å². The van der Waals surface area contributed by atoms with Crippen molar-refractivity contribution in [1.29, 1.82) is 0 Å². The number of piperidine rings is 1. The minimum atomic E-state index is -0.620. The Morgan fingerprint density at radius 1 is 1.22 bits per heavy atom. The first-order chi connectivity index (χ1) is 8.63. The van der Waals surface area contributed by atoms with Crippen LogP contribution in [0.5, 0.6) is 0 Å². The first kappa shape index (κ1) is 12.4. The number of rotatable bonds is 5. The minimum absolute atomic E-state index is 0.184. The van der Waals surface area contributed by atoms with E-state index in [1.807, 2.05) is 0 Å². The third-order valence-electron chi connectivity index (χ3n) is 4.76. The number of carboxylic acid groups (broad SMARTS) is 1. The maximum absolute atomic E-state index is 11.3. The Morgan fingerprint density at radius 2 is 1.94 bits per heavy atom. The van der Waals surface area contributed by atoms with Crippen molar-refractivity contribution >= 4 is 5.97 Å². The molecule has 18 heavy (non-hydrogen) atoms. The van der Waals surface area contributed by atoms with Gasteiger partial charge in [0, 0.05) is 31.2 Å². The highest BCUT2D eigenvalue weighted by Crippen LogP contribution is 2.36. The van der Waals surface area contributed by atoms with Gasteiger partial charge in [-0.1, -0.05) is 0 Å². The molecule has 0 bridgehead atoms. The van der Waals surface area contributed by atoms with Gasteiger partial charge in [0.1, 0.15) is 0 Å². The van der Waals surface area contributed by atoms with Crippen molar-refractivity contribution in [2.75, 3.05) is 13.1 Å². The van der Waals surface area contributed by atoms with Gasteiger partial charge >= 0.3 is 5.97 Å². The molecule has 0 radical (unpaired) electrons. The topological polar surface area (TPSA) is 52.6 Å².